The molecule has 27 heavy (non-hydrogen) atoms. The number of hydrogen-bond acceptors (Lipinski definition) is 2. The smallest absolute Gasteiger partial charge is 0.144 e. The maximum Gasteiger partial charge on any atom is 0.144 e. The Kier molecular flexibility index (Phi) is 3.90. The first-order valence-electron chi connectivity index (χ1n) is 9.64. The summed E-state index contributed by atoms with van der Waals surface area (Å²) in [7, 11) is 0. The van der Waals surface area contributed by atoms with Gasteiger partial charge >= 0.3 is 0 Å². The van der Waals surface area contributed by atoms with E-state index in [-0.39, 0.29) is 0 Å². The quantitative estimate of drug-likeness (QED) is 0.344. The Hall–Kier alpha value is -3.13. The van der Waals surface area contributed by atoms with Crippen LogP contribution in [0.3, 0.4) is 0 Å². The molecule has 2 heterocycles. The summed E-state index contributed by atoms with van der Waals surface area (Å²) in [6.45, 7) is 2.23. The maximum absolute atomic E-state index is 6.33. The summed E-state index contributed by atoms with van der Waals surface area (Å²) in [6.07, 6.45) is 3.47. The van der Waals surface area contributed by atoms with Crippen LogP contribution >= 0.6 is 0 Å². The zero-order chi connectivity index (χ0) is 18.2. The van der Waals surface area contributed by atoms with Crippen LogP contribution in [0, 0.1) is 0 Å². The van der Waals surface area contributed by atoms with Crippen LogP contribution < -0.4 is 0 Å². The molecule has 2 aromatic heterocycles. The fourth-order valence-electron chi connectivity index (χ4n) is 3.91. The third kappa shape index (κ3) is 2.69. The number of pyridine rings is 1. The minimum atomic E-state index is 0.930. The minimum Gasteiger partial charge on any atom is -0.455 e. The summed E-state index contributed by atoms with van der Waals surface area (Å²) < 4.78 is 6.33. The number of nitrogens with zero attached hydrogens (tertiary/aromatic N) is 1. The van der Waals surface area contributed by atoms with Crippen LogP contribution in [-0.4, -0.2) is 4.98 Å². The maximum atomic E-state index is 6.33. The van der Waals surface area contributed by atoms with Crippen LogP contribution in [0.4, 0.5) is 0 Å². The van der Waals surface area contributed by atoms with Gasteiger partial charge in [0.1, 0.15) is 11.2 Å². The lowest BCUT2D eigenvalue weighted by Gasteiger charge is -2.04. The van der Waals surface area contributed by atoms with Crippen LogP contribution in [0.1, 0.15) is 25.3 Å². The number of unbranched alkanes of at least 4 members (excludes halogenated alkanes) is 1. The second-order valence-electron chi connectivity index (χ2n) is 7.07. The molecule has 0 fully saturated rings. The van der Waals surface area contributed by atoms with Gasteiger partial charge in [0.15, 0.2) is 0 Å². The van der Waals surface area contributed by atoms with Crippen LogP contribution in [0.15, 0.2) is 77.2 Å². The number of rotatable bonds is 4. The van der Waals surface area contributed by atoms with Gasteiger partial charge in [0.2, 0.25) is 0 Å². The van der Waals surface area contributed by atoms with Gasteiger partial charge in [0, 0.05) is 21.7 Å². The fourth-order valence-corrected chi connectivity index (χ4v) is 3.91. The fraction of sp³-hybridized carbons (Fsp3) is 0.160. The van der Waals surface area contributed by atoms with E-state index in [0.717, 1.165) is 39.7 Å². The third-order valence-electron chi connectivity index (χ3n) is 5.28. The van der Waals surface area contributed by atoms with Crippen molar-refractivity contribution in [1.29, 1.82) is 0 Å². The molecule has 0 saturated carbocycles. The lowest BCUT2D eigenvalue weighted by Crippen LogP contribution is -1.87. The first-order chi connectivity index (χ1) is 13.3. The molecule has 0 aliphatic heterocycles. The Morgan fingerprint density at radius 3 is 2.67 bits per heavy atom. The summed E-state index contributed by atoms with van der Waals surface area (Å²) in [5.41, 5.74) is 6.28. The standard InChI is InChI=1S/C25H21NO/c1-2-3-8-18-10-6-14-23-24(18)20-12-7-11-19(25(20)27-23)22-16-15-17-9-4-5-13-21(17)26-22/h4-7,9-16H,2-3,8H2,1H3. The van der Waals surface area contributed by atoms with Gasteiger partial charge in [-0.3, -0.25) is 0 Å². The molecule has 0 radical (unpaired) electrons. The van der Waals surface area contributed by atoms with E-state index >= 15 is 0 Å². The Morgan fingerprint density at radius 1 is 0.852 bits per heavy atom. The molecule has 3 aromatic carbocycles. The van der Waals surface area contributed by atoms with Crippen molar-refractivity contribution in [3.8, 4) is 11.3 Å². The molecule has 132 valence electrons. The lowest BCUT2D eigenvalue weighted by atomic mass is 10.00. The van der Waals surface area contributed by atoms with Gasteiger partial charge in [-0.25, -0.2) is 4.98 Å². The normalized spacial score (nSPS) is 11.6. The van der Waals surface area contributed by atoms with E-state index in [0.29, 0.717) is 0 Å². The molecule has 0 bridgehead atoms. The van der Waals surface area contributed by atoms with E-state index in [1.807, 2.05) is 12.1 Å². The number of fused-ring (bicyclic) bond motifs is 4. The number of hydrogen-bond donors (Lipinski definition) is 0. The van der Waals surface area contributed by atoms with Gasteiger partial charge in [-0.1, -0.05) is 61.9 Å². The van der Waals surface area contributed by atoms with Crippen molar-refractivity contribution in [3.05, 3.63) is 78.4 Å². The van der Waals surface area contributed by atoms with E-state index in [2.05, 4.69) is 67.6 Å². The third-order valence-corrected chi connectivity index (χ3v) is 5.28. The summed E-state index contributed by atoms with van der Waals surface area (Å²) >= 11 is 0. The number of para-hydroxylation sites is 2. The molecular formula is C25H21NO. The van der Waals surface area contributed by atoms with Crippen molar-refractivity contribution in [3.63, 3.8) is 0 Å². The summed E-state index contributed by atoms with van der Waals surface area (Å²) in [5, 5.41) is 3.59. The van der Waals surface area contributed by atoms with Gasteiger partial charge in [0.05, 0.1) is 11.2 Å². The molecule has 0 spiro atoms. The Labute approximate surface area is 158 Å². The highest BCUT2D eigenvalue weighted by molar-refractivity contribution is 6.10. The van der Waals surface area contributed by atoms with Crippen molar-refractivity contribution in [1.82, 2.24) is 4.98 Å². The van der Waals surface area contributed by atoms with Crippen molar-refractivity contribution < 1.29 is 4.42 Å². The predicted molar refractivity (Wildman–Crippen MR) is 113 cm³/mol. The average Bonchev–Trinajstić information content (AvgIpc) is 3.11. The average molecular weight is 351 g/mol. The van der Waals surface area contributed by atoms with Crippen molar-refractivity contribution >= 4 is 32.8 Å². The van der Waals surface area contributed by atoms with Crippen LogP contribution in [0.2, 0.25) is 0 Å². The largest absolute Gasteiger partial charge is 0.455 e. The molecule has 0 amide bonds. The highest BCUT2D eigenvalue weighted by Crippen LogP contribution is 2.37. The van der Waals surface area contributed by atoms with E-state index in [1.165, 1.54) is 29.2 Å². The van der Waals surface area contributed by atoms with Gasteiger partial charge in [-0.15, -0.1) is 0 Å². The molecule has 0 aliphatic carbocycles. The monoisotopic (exact) mass is 351 g/mol. The van der Waals surface area contributed by atoms with Gasteiger partial charge in [-0.2, -0.15) is 0 Å². The number of benzene rings is 3. The predicted octanol–water partition coefficient (Wildman–Crippen LogP) is 7.14. The van der Waals surface area contributed by atoms with Gasteiger partial charge in [0.25, 0.3) is 0 Å². The van der Waals surface area contributed by atoms with Crippen molar-refractivity contribution in [2.24, 2.45) is 0 Å². The number of aromatic nitrogens is 1. The molecule has 5 rings (SSSR count). The van der Waals surface area contributed by atoms with E-state index in [9.17, 15) is 0 Å². The van der Waals surface area contributed by atoms with Gasteiger partial charge in [-0.05, 0) is 42.7 Å². The van der Waals surface area contributed by atoms with Crippen molar-refractivity contribution in [2.45, 2.75) is 26.2 Å². The Bertz CT molecular complexity index is 1270. The van der Waals surface area contributed by atoms with Crippen LogP contribution in [0.25, 0.3) is 44.1 Å². The first-order valence-corrected chi connectivity index (χ1v) is 9.64. The van der Waals surface area contributed by atoms with E-state index in [4.69, 9.17) is 9.40 Å². The zero-order valence-electron chi connectivity index (χ0n) is 15.4. The highest BCUT2D eigenvalue weighted by Gasteiger charge is 2.15. The second-order valence-corrected chi connectivity index (χ2v) is 7.07. The minimum absolute atomic E-state index is 0.930. The molecule has 0 saturated heterocycles. The molecule has 0 atom stereocenters. The lowest BCUT2D eigenvalue weighted by molar-refractivity contribution is 0.669. The topological polar surface area (TPSA) is 26.0 Å². The van der Waals surface area contributed by atoms with Gasteiger partial charge < -0.3 is 4.42 Å². The summed E-state index contributed by atoms with van der Waals surface area (Å²) in [6, 6.07) is 25.2. The molecule has 0 unspecified atom stereocenters. The summed E-state index contributed by atoms with van der Waals surface area (Å²) in [4.78, 5) is 4.88. The Morgan fingerprint density at radius 2 is 1.74 bits per heavy atom. The molecule has 2 heteroatoms. The Balaban J connectivity index is 1.75. The molecule has 0 aliphatic rings. The summed E-state index contributed by atoms with van der Waals surface area (Å²) in [5.74, 6) is 0. The van der Waals surface area contributed by atoms with E-state index < -0.39 is 0 Å². The van der Waals surface area contributed by atoms with Crippen LogP contribution in [-0.2, 0) is 6.42 Å². The molecule has 2 nitrogen and oxygen atoms in total. The number of aryl methyl sites for hydroxylation is 1. The van der Waals surface area contributed by atoms with Crippen molar-refractivity contribution in [2.75, 3.05) is 0 Å². The molecular weight excluding hydrogens is 330 g/mol. The second kappa shape index (κ2) is 6.55. The van der Waals surface area contributed by atoms with Crippen LogP contribution in [0.5, 0.6) is 0 Å². The SMILES string of the molecule is CCCCc1cccc2oc3c(-c4ccc5ccccc5n4)cccc3c12. The highest BCUT2D eigenvalue weighted by atomic mass is 16.3. The zero-order valence-corrected chi connectivity index (χ0v) is 15.4. The number of furan rings is 1. The molecule has 5 aromatic rings. The van der Waals surface area contributed by atoms with E-state index in [1.54, 1.807) is 0 Å². The molecule has 0 N–H and O–H groups in total. The first kappa shape index (κ1) is 16.1.